The van der Waals surface area contributed by atoms with Crippen LogP contribution in [0.4, 0.5) is 4.39 Å². The van der Waals surface area contributed by atoms with Crippen molar-refractivity contribution in [2.45, 2.75) is 40.5 Å². The lowest BCUT2D eigenvalue weighted by Gasteiger charge is -2.16. The zero-order chi connectivity index (χ0) is 29.2. The molecule has 6 heteroatoms. The summed E-state index contributed by atoms with van der Waals surface area (Å²) < 4.78 is 14.6. The fourth-order valence-electron chi connectivity index (χ4n) is 4.29. The number of halogens is 1. The van der Waals surface area contributed by atoms with Crippen LogP contribution in [0.15, 0.2) is 116 Å². The third-order valence-corrected chi connectivity index (χ3v) is 6.50. The molecule has 2 aromatic heterocycles. The first-order valence-corrected chi connectivity index (χ1v) is 13.2. The van der Waals surface area contributed by atoms with Crippen LogP contribution in [0.3, 0.4) is 0 Å². The Morgan fingerprint density at radius 2 is 1.88 bits per heavy atom. The number of fused-ring (bicyclic) bond motifs is 1. The maximum Gasteiger partial charge on any atom is 0.131 e. The first kappa shape index (κ1) is 29.8. The van der Waals surface area contributed by atoms with E-state index >= 15 is 0 Å². The van der Waals surface area contributed by atoms with Crippen molar-refractivity contribution in [1.82, 2.24) is 25.8 Å². The number of hydrogen-bond acceptors (Lipinski definition) is 4. The zero-order valence-corrected chi connectivity index (χ0v) is 23.9. The maximum absolute atomic E-state index is 14.6. The normalized spacial score (nSPS) is 13.1. The van der Waals surface area contributed by atoms with E-state index in [4.69, 9.17) is 0 Å². The van der Waals surface area contributed by atoms with Gasteiger partial charge in [-0.2, -0.15) is 5.10 Å². The van der Waals surface area contributed by atoms with E-state index in [9.17, 15) is 4.39 Å². The van der Waals surface area contributed by atoms with Crippen LogP contribution < -0.4 is 10.6 Å². The van der Waals surface area contributed by atoms with Crippen LogP contribution in [-0.4, -0.2) is 15.2 Å². The highest BCUT2D eigenvalue weighted by atomic mass is 19.1. The van der Waals surface area contributed by atoms with Gasteiger partial charge in [0.1, 0.15) is 11.5 Å². The van der Waals surface area contributed by atoms with Gasteiger partial charge in [-0.05, 0) is 68.2 Å². The predicted molar refractivity (Wildman–Crippen MR) is 168 cm³/mol. The van der Waals surface area contributed by atoms with Crippen molar-refractivity contribution in [3.63, 3.8) is 0 Å². The van der Waals surface area contributed by atoms with Crippen LogP contribution >= 0.6 is 0 Å². The van der Waals surface area contributed by atoms with E-state index in [0.717, 1.165) is 63.2 Å². The molecule has 5 nitrogen and oxygen atoms in total. The maximum atomic E-state index is 14.6. The Bertz CT molecular complexity index is 1560. The quantitative estimate of drug-likeness (QED) is 0.192. The Balaban J connectivity index is 1.94. The largest absolute Gasteiger partial charge is 0.359 e. The molecule has 0 saturated heterocycles. The highest BCUT2D eigenvalue weighted by Gasteiger charge is 2.15. The minimum absolute atomic E-state index is 0.293. The molecule has 0 aliphatic rings. The number of allylic oxidation sites excluding steroid dienone is 10. The molecule has 0 spiro atoms. The summed E-state index contributed by atoms with van der Waals surface area (Å²) in [6.07, 6.45) is 12.9. The summed E-state index contributed by atoms with van der Waals surface area (Å²) in [5.74, 6) is -0.293. The molecular formula is C34H38FN5. The fraction of sp³-hybridized carbons (Fsp3) is 0.176. The van der Waals surface area contributed by atoms with Crippen LogP contribution in [0.2, 0.25) is 0 Å². The minimum atomic E-state index is -0.293. The number of pyridine rings is 1. The van der Waals surface area contributed by atoms with Crippen molar-refractivity contribution in [1.29, 1.82) is 0 Å². The summed E-state index contributed by atoms with van der Waals surface area (Å²) in [5, 5.41) is 15.1. The van der Waals surface area contributed by atoms with Gasteiger partial charge in [0.05, 0.1) is 23.1 Å². The van der Waals surface area contributed by atoms with Gasteiger partial charge < -0.3 is 10.6 Å². The molecule has 206 valence electrons. The third-order valence-electron chi connectivity index (χ3n) is 6.50. The van der Waals surface area contributed by atoms with Crippen LogP contribution in [0.25, 0.3) is 27.7 Å². The molecule has 0 unspecified atom stereocenters. The van der Waals surface area contributed by atoms with Gasteiger partial charge >= 0.3 is 0 Å². The Morgan fingerprint density at radius 1 is 1.12 bits per heavy atom. The number of benzene rings is 1. The molecule has 2 heterocycles. The second kappa shape index (κ2) is 13.9. The van der Waals surface area contributed by atoms with Gasteiger partial charge in [0.25, 0.3) is 0 Å². The zero-order valence-electron chi connectivity index (χ0n) is 23.9. The van der Waals surface area contributed by atoms with Crippen molar-refractivity contribution < 1.29 is 4.39 Å². The van der Waals surface area contributed by atoms with Crippen molar-refractivity contribution in [2.24, 2.45) is 0 Å². The molecule has 0 radical (unpaired) electrons. The molecule has 40 heavy (non-hydrogen) atoms. The Hall–Kier alpha value is -4.71. The molecule has 3 rings (SSSR count). The second-order valence-electron chi connectivity index (χ2n) is 9.36. The van der Waals surface area contributed by atoms with E-state index in [0.29, 0.717) is 17.0 Å². The van der Waals surface area contributed by atoms with E-state index < -0.39 is 0 Å². The lowest BCUT2D eigenvalue weighted by atomic mass is 9.96. The molecule has 3 N–H and O–H groups in total. The number of nitrogens with zero attached hydrogens (tertiary/aromatic N) is 2. The molecule has 1 aromatic carbocycles. The highest BCUT2D eigenvalue weighted by Crippen LogP contribution is 2.29. The summed E-state index contributed by atoms with van der Waals surface area (Å²) in [7, 11) is 0. The first-order chi connectivity index (χ1) is 19.2. The van der Waals surface area contributed by atoms with Gasteiger partial charge in [-0.1, -0.05) is 76.1 Å². The third kappa shape index (κ3) is 7.03. The first-order valence-electron chi connectivity index (χ1n) is 13.2. The average molecular weight is 536 g/mol. The Morgan fingerprint density at radius 3 is 2.52 bits per heavy atom. The lowest BCUT2D eigenvalue weighted by Crippen LogP contribution is -2.12. The van der Waals surface area contributed by atoms with Crippen LogP contribution in [0.1, 0.15) is 57.5 Å². The molecular weight excluding hydrogens is 497 g/mol. The lowest BCUT2D eigenvalue weighted by molar-refractivity contribution is 0.624. The fourth-order valence-corrected chi connectivity index (χ4v) is 4.29. The van der Waals surface area contributed by atoms with Crippen molar-refractivity contribution in [3.8, 4) is 0 Å². The summed E-state index contributed by atoms with van der Waals surface area (Å²) in [6.45, 7) is 24.0. The number of aromatic nitrogens is 3. The van der Waals surface area contributed by atoms with Crippen molar-refractivity contribution in [2.75, 3.05) is 0 Å². The Labute approximate surface area is 237 Å². The summed E-state index contributed by atoms with van der Waals surface area (Å²) in [6, 6.07) is 8.69. The molecule has 0 amide bonds. The monoisotopic (exact) mass is 535 g/mol. The minimum Gasteiger partial charge on any atom is -0.359 e. The van der Waals surface area contributed by atoms with E-state index in [1.54, 1.807) is 36.6 Å². The topological polar surface area (TPSA) is 65.6 Å². The summed E-state index contributed by atoms with van der Waals surface area (Å²) in [5.41, 5.74) is 8.49. The number of rotatable bonds is 13. The summed E-state index contributed by atoms with van der Waals surface area (Å²) in [4.78, 5) is 4.65. The number of nitrogens with one attached hydrogen (secondary N) is 3. The van der Waals surface area contributed by atoms with Crippen LogP contribution in [0, 0.1) is 5.82 Å². The average Bonchev–Trinajstić information content (AvgIpc) is 3.37. The van der Waals surface area contributed by atoms with E-state index in [1.807, 2.05) is 45.1 Å². The Kier molecular flexibility index (Phi) is 10.4. The molecule has 0 aliphatic carbocycles. The predicted octanol–water partition coefficient (Wildman–Crippen LogP) is 8.60. The molecule has 0 atom stereocenters. The molecule has 0 bridgehead atoms. The van der Waals surface area contributed by atoms with Gasteiger partial charge in [0.2, 0.25) is 0 Å². The molecule has 0 saturated carbocycles. The number of aromatic amines is 1. The van der Waals surface area contributed by atoms with Crippen LogP contribution in [-0.2, 0) is 0 Å². The molecule has 0 fully saturated rings. The SMILES string of the molecule is C=C/C=C(\C(C)=C(/C)NC(=C)c1n[nH]c2cnc(C(/C=C(\C=C)NC(=C)CCC)=C/C)cc12)c1ccccc1F. The number of hydrogen-bond donors (Lipinski definition) is 3. The smallest absolute Gasteiger partial charge is 0.131 e. The van der Waals surface area contributed by atoms with E-state index in [1.165, 1.54) is 6.07 Å². The van der Waals surface area contributed by atoms with E-state index in [-0.39, 0.29) is 5.82 Å². The number of H-pyrrole nitrogens is 1. The van der Waals surface area contributed by atoms with Crippen LogP contribution in [0.5, 0.6) is 0 Å². The van der Waals surface area contributed by atoms with Crippen molar-refractivity contribution >= 4 is 27.7 Å². The van der Waals surface area contributed by atoms with Gasteiger partial charge in [0.15, 0.2) is 0 Å². The standard InChI is InChI=1S/C34H38FN5/c1-9-15-22(5)37-27(12-4)19-26(11-3)32-20-30-33(21-36-32)39-40-34(30)25(8)38-24(7)23(6)28(16-10-2)29-17-13-14-18-31(29)35/h10-14,16-21,37-38H,2,4-5,8-9,15H2,1,3,6-7H3,(H,39,40)/b24-23+,26-11+,27-19+,28-16+. The summed E-state index contributed by atoms with van der Waals surface area (Å²) >= 11 is 0. The van der Waals surface area contributed by atoms with Gasteiger partial charge in [0, 0.05) is 28.0 Å². The molecule has 0 aliphatic heterocycles. The van der Waals surface area contributed by atoms with Gasteiger partial charge in [-0.25, -0.2) is 4.39 Å². The van der Waals surface area contributed by atoms with Gasteiger partial charge in [-0.15, -0.1) is 0 Å². The van der Waals surface area contributed by atoms with E-state index in [2.05, 4.69) is 59.1 Å². The highest BCUT2D eigenvalue weighted by molar-refractivity contribution is 5.92. The van der Waals surface area contributed by atoms with Gasteiger partial charge in [-0.3, -0.25) is 10.1 Å². The molecule has 3 aromatic rings. The second-order valence-corrected chi connectivity index (χ2v) is 9.36. The van der Waals surface area contributed by atoms with Crippen molar-refractivity contribution in [3.05, 3.63) is 139 Å².